The van der Waals surface area contributed by atoms with Crippen molar-refractivity contribution in [3.8, 4) is 0 Å². The number of halogens is 1. The second-order valence-electron chi connectivity index (χ2n) is 12.1. The number of fused-ring (bicyclic) bond motifs is 2. The molecule has 3 aromatic rings. The van der Waals surface area contributed by atoms with E-state index in [1.54, 1.807) is 7.05 Å². The van der Waals surface area contributed by atoms with E-state index in [-0.39, 0.29) is 47.6 Å². The molecule has 2 aromatic heterocycles. The first-order chi connectivity index (χ1) is 19.9. The number of H-pyrrole nitrogens is 1. The number of likely N-dealkylation sites (N-methyl/N-ethyl adjacent to an activating group) is 1. The van der Waals surface area contributed by atoms with Gasteiger partial charge in [-0.25, -0.2) is 4.39 Å². The van der Waals surface area contributed by atoms with Crippen molar-refractivity contribution < 1.29 is 14.0 Å². The number of aromatic amines is 1. The average Bonchev–Trinajstić information content (AvgIpc) is 3.71. The molecule has 41 heavy (non-hydrogen) atoms. The lowest BCUT2D eigenvalue weighted by atomic mass is 9.82. The summed E-state index contributed by atoms with van der Waals surface area (Å²) in [5, 5.41) is 7.19. The van der Waals surface area contributed by atoms with Crippen LogP contribution in [0, 0.1) is 11.7 Å². The Hall–Kier alpha value is -3.30. The van der Waals surface area contributed by atoms with E-state index in [0.29, 0.717) is 6.54 Å². The highest BCUT2D eigenvalue weighted by molar-refractivity contribution is 5.90. The molecule has 218 valence electrons. The minimum Gasteiger partial charge on any atom is -0.361 e. The molecule has 0 bridgehead atoms. The van der Waals surface area contributed by atoms with Crippen molar-refractivity contribution in [3.63, 3.8) is 0 Å². The molecule has 3 fully saturated rings. The summed E-state index contributed by atoms with van der Waals surface area (Å²) in [7, 11) is 1.76. The van der Waals surface area contributed by atoms with Crippen LogP contribution >= 0.6 is 0 Å². The molecule has 0 spiro atoms. The molecule has 0 unspecified atom stereocenters. The largest absolute Gasteiger partial charge is 0.361 e. The normalized spacial score (nSPS) is 24.9. The Kier molecular flexibility index (Phi) is 8.08. The van der Waals surface area contributed by atoms with E-state index in [1.165, 1.54) is 24.1 Å². The lowest BCUT2D eigenvalue weighted by molar-refractivity contribution is -0.139. The second-order valence-corrected chi connectivity index (χ2v) is 12.1. The number of likely N-dealkylation sites (tertiary alicyclic amines) is 2. The number of hydrogen-bond acceptors (Lipinski definition) is 5. The summed E-state index contributed by atoms with van der Waals surface area (Å²) in [5.41, 5.74) is 3.08. The van der Waals surface area contributed by atoms with Gasteiger partial charge < -0.3 is 20.5 Å². The van der Waals surface area contributed by atoms with Gasteiger partial charge in [0.1, 0.15) is 11.9 Å². The smallest absolute Gasteiger partial charge is 0.245 e. The molecule has 1 aliphatic carbocycles. The number of nitrogens with zero attached hydrogens (tertiary/aromatic N) is 3. The van der Waals surface area contributed by atoms with Crippen LogP contribution in [0.5, 0.6) is 0 Å². The first-order valence-corrected chi connectivity index (χ1v) is 15.1. The Labute approximate surface area is 241 Å². The van der Waals surface area contributed by atoms with Gasteiger partial charge in [0.05, 0.1) is 12.1 Å². The molecule has 2 aliphatic heterocycles. The Morgan fingerprint density at radius 1 is 1.12 bits per heavy atom. The van der Waals surface area contributed by atoms with Crippen LogP contribution in [0.15, 0.2) is 48.9 Å². The van der Waals surface area contributed by atoms with E-state index >= 15 is 0 Å². The number of hydrogen-bond donors (Lipinski definition) is 3. The van der Waals surface area contributed by atoms with Crippen molar-refractivity contribution in [2.24, 2.45) is 5.92 Å². The third-order valence-electron chi connectivity index (χ3n) is 9.74. The van der Waals surface area contributed by atoms with Gasteiger partial charge >= 0.3 is 0 Å². The average molecular weight is 561 g/mol. The summed E-state index contributed by atoms with van der Waals surface area (Å²) >= 11 is 0. The van der Waals surface area contributed by atoms with Crippen LogP contribution in [0.1, 0.15) is 62.5 Å². The van der Waals surface area contributed by atoms with E-state index in [1.807, 2.05) is 43.7 Å². The zero-order valence-electron chi connectivity index (χ0n) is 24.0. The maximum absolute atomic E-state index is 14.5. The minimum absolute atomic E-state index is 0.0295. The molecule has 1 saturated carbocycles. The second kappa shape index (κ2) is 11.9. The topological polar surface area (TPSA) is 93.4 Å². The molecule has 2 saturated heterocycles. The number of carbonyl (C=O) groups is 2. The Morgan fingerprint density at radius 2 is 1.90 bits per heavy atom. The number of pyridine rings is 1. The summed E-state index contributed by atoms with van der Waals surface area (Å²) < 4.78 is 14.0. The van der Waals surface area contributed by atoms with Crippen molar-refractivity contribution in [1.29, 1.82) is 0 Å². The Morgan fingerprint density at radius 3 is 2.66 bits per heavy atom. The van der Waals surface area contributed by atoms with Gasteiger partial charge in [-0.15, -0.1) is 0 Å². The third-order valence-corrected chi connectivity index (χ3v) is 9.74. The molecule has 8 nitrogen and oxygen atoms in total. The molecule has 0 radical (unpaired) electrons. The Bertz CT molecular complexity index is 1370. The van der Waals surface area contributed by atoms with Gasteiger partial charge in [0.25, 0.3) is 0 Å². The molecular formula is C32H41FN6O2. The third kappa shape index (κ3) is 5.49. The van der Waals surface area contributed by atoms with E-state index in [4.69, 9.17) is 0 Å². The zero-order valence-corrected chi connectivity index (χ0v) is 24.0. The first-order valence-electron chi connectivity index (χ1n) is 15.1. The maximum Gasteiger partial charge on any atom is 0.245 e. The van der Waals surface area contributed by atoms with Gasteiger partial charge in [-0.3, -0.25) is 19.5 Å². The van der Waals surface area contributed by atoms with Crippen LogP contribution < -0.4 is 10.6 Å². The Balaban J connectivity index is 1.34. The van der Waals surface area contributed by atoms with E-state index in [2.05, 4.69) is 30.4 Å². The van der Waals surface area contributed by atoms with Crippen molar-refractivity contribution >= 4 is 22.7 Å². The summed E-state index contributed by atoms with van der Waals surface area (Å²) in [5.74, 6) is -0.150. The SMILES string of the molecule is CN[C@@H](C)C(=O)N[C@H](C(=O)N1CC[C@@H]2[C@H]1[C@@H](c1c[nH]c3cc(F)ccc13)CN2Cc1ccncc1)C1CCCCC1. The summed E-state index contributed by atoms with van der Waals surface area (Å²) in [6, 6.07) is 8.26. The summed E-state index contributed by atoms with van der Waals surface area (Å²) in [6.07, 6.45) is 11.8. The fourth-order valence-corrected chi connectivity index (χ4v) is 7.49. The fraction of sp³-hybridized carbons (Fsp3) is 0.531. The summed E-state index contributed by atoms with van der Waals surface area (Å²) in [4.78, 5) is 39.6. The molecule has 9 heteroatoms. The number of benzene rings is 1. The van der Waals surface area contributed by atoms with Crippen molar-refractivity contribution in [2.45, 2.75) is 82.1 Å². The van der Waals surface area contributed by atoms with Crippen LogP contribution in [0.2, 0.25) is 0 Å². The van der Waals surface area contributed by atoms with Gasteiger partial charge in [-0.1, -0.05) is 19.3 Å². The van der Waals surface area contributed by atoms with Gasteiger partial charge in [0, 0.05) is 61.1 Å². The molecule has 2 amide bonds. The molecule has 3 N–H and O–H groups in total. The van der Waals surface area contributed by atoms with Crippen LogP contribution in [0.25, 0.3) is 10.9 Å². The van der Waals surface area contributed by atoms with E-state index < -0.39 is 6.04 Å². The number of nitrogens with one attached hydrogen (secondary N) is 3. The molecule has 1 aromatic carbocycles. The fourth-order valence-electron chi connectivity index (χ4n) is 7.49. The molecule has 4 heterocycles. The van der Waals surface area contributed by atoms with Crippen molar-refractivity contribution in [2.75, 3.05) is 20.1 Å². The van der Waals surface area contributed by atoms with Crippen molar-refractivity contribution in [3.05, 3.63) is 65.9 Å². The highest BCUT2D eigenvalue weighted by Gasteiger charge is 2.52. The van der Waals surface area contributed by atoms with E-state index in [9.17, 15) is 14.0 Å². The minimum atomic E-state index is -0.524. The number of aromatic nitrogens is 2. The lowest BCUT2D eigenvalue weighted by Crippen LogP contribution is -2.57. The van der Waals surface area contributed by atoms with Gasteiger partial charge in [0.2, 0.25) is 11.8 Å². The highest BCUT2D eigenvalue weighted by atomic mass is 19.1. The van der Waals surface area contributed by atoms with Gasteiger partial charge in [0.15, 0.2) is 0 Å². The van der Waals surface area contributed by atoms with E-state index in [0.717, 1.165) is 61.7 Å². The van der Waals surface area contributed by atoms with Crippen molar-refractivity contribution in [1.82, 2.24) is 30.4 Å². The summed E-state index contributed by atoms with van der Waals surface area (Å²) in [6.45, 7) is 4.06. The highest BCUT2D eigenvalue weighted by Crippen LogP contribution is 2.44. The molecular weight excluding hydrogens is 519 g/mol. The number of amides is 2. The number of rotatable bonds is 8. The standard InChI is InChI=1S/C32H41FN6O2/c1-20(34-2)31(40)37-29(22-6-4-3-5-7-22)32(41)39-15-12-28-30(39)26(19-38(28)18-21-10-13-35-14-11-21)25-17-36-27-16-23(33)8-9-24(25)27/h8-11,13-14,16-17,20,22,26,28-30,34,36H,3-7,12,15,18-19H2,1-2H3,(H,37,40)/t20-,26+,28+,29-,30+/m0/s1. The molecule has 5 atom stereocenters. The lowest BCUT2D eigenvalue weighted by Gasteiger charge is -2.36. The van der Waals surface area contributed by atoms with Gasteiger partial charge in [-0.05, 0) is 80.6 Å². The first kappa shape index (κ1) is 27.8. The van der Waals surface area contributed by atoms with Crippen LogP contribution in [0.4, 0.5) is 4.39 Å². The number of carbonyl (C=O) groups excluding carboxylic acids is 2. The van der Waals surface area contributed by atoms with Crippen LogP contribution in [-0.2, 0) is 16.1 Å². The predicted octanol–water partition coefficient (Wildman–Crippen LogP) is 3.94. The quantitative estimate of drug-likeness (QED) is 0.388. The van der Waals surface area contributed by atoms with Crippen LogP contribution in [-0.4, -0.2) is 75.9 Å². The monoisotopic (exact) mass is 560 g/mol. The zero-order chi connectivity index (χ0) is 28.5. The van der Waals surface area contributed by atoms with Crippen LogP contribution in [0.3, 0.4) is 0 Å². The predicted molar refractivity (Wildman–Crippen MR) is 157 cm³/mol. The molecule has 6 rings (SSSR count). The maximum atomic E-state index is 14.5. The van der Waals surface area contributed by atoms with Gasteiger partial charge in [-0.2, -0.15) is 0 Å². The molecule has 3 aliphatic rings.